The number of aryl methyl sites for hydroxylation is 1. The molecule has 1 aromatic carbocycles. The lowest BCUT2D eigenvalue weighted by atomic mass is 10.0. The summed E-state index contributed by atoms with van der Waals surface area (Å²) >= 11 is 12.4. The minimum atomic E-state index is -0.132. The number of hydrogen-bond donors (Lipinski definition) is 1. The number of benzene rings is 1. The van der Waals surface area contributed by atoms with E-state index in [4.69, 9.17) is 27.7 Å². The van der Waals surface area contributed by atoms with Crippen LogP contribution in [0.2, 0.25) is 10.0 Å². The van der Waals surface area contributed by atoms with Gasteiger partial charge in [-0.15, -0.1) is 0 Å². The van der Waals surface area contributed by atoms with E-state index >= 15 is 0 Å². The van der Waals surface area contributed by atoms with E-state index < -0.39 is 0 Å². The Balaban J connectivity index is 1.46. The van der Waals surface area contributed by atoms with Crippen molar-refractivity contribution in [2.45, 2.75) is 25.8 Å². The maximum atomic E-state index is 9.54. The number of rotatable bonds is 5. The Kier molecular flexibility index (Phi) is 5.38. The van der Waals surface area contributed by atoms with Crippen LogP contribution in [-0.2, 0) is 6.42 Å². The zero-order valence-corrected chi connectivity index (χ0v) is 16.9. The van der Waals surface area contributed by atoms with Gasteiger partial charge >= 0.3 is 0 Å². The summed E-state index contributed by atoms with van der Waals surface area (Å²) in [4.78, 5) is 8.57. The summed E-state index contributed by atoms with van der Waals surface area (Å²) in [6.07, 6.45) is 8.42. The quantitative estimate of drug-likeness (QED) is 0.638. The summed E-state index contributed by atoms with van der Waals surface area (Å²) < 4.78 is 7.16. The summed E-state index contributed by atoms with van der Waals surface area (Å²) in [5.74, 6) is 0.741. The molecule has 0 radical (unpaired) electrons. The molecule has 7 nitrogen and oxygen atoms in total. The van der Waals surface area contributed by atoms with Crippen molar-refractivity contribution in [1.82, 2.24) is 19.7 Å². The zero-order valence-electron chi connectivity index (χ0n) is 15.4. The number of nitrogens with zero attached hydrogens (tertiary/aromatic N) is 5. The summed E-state index contributed by atoms with van der Waals surface area (Å²) in [7, 11) is 0. The van der Waals surface area contributed by atoms with Gasteiger partial charge < -0.3 is 14.4 Å². The number of imidazole rings is 1. The number of anilines is 1. The normalized spacial score (nSPS) is 16.1. The number of nitriles is 1. The maximum Gasteiger partial charge on any atom is 0.263 e. The van der Waals surface area contributed by atoms with Gasteiger partial charge in [0.05, 0.1) is 35.8 Å². The van der Waals surface area contributed by atoms with Crippen LogP contribution >= 0.6 is 23.2 Å². The first-order chi connectivity index (χ1) is 14.0. The summed E-state index contributed by atoms with van der Waals surface area (Å²) in [6.45, 7) is 1.91. The lowest BCUT2D eigenvalue weighted by Crippen LogP contribution is -2.21. The van der Waals surface area contributed by atoms with Crippen LogP contribution in [0.15, 0.2) is 53.0 Å². The van der Waals surface area contributed by atoms with Gasteiger partial charge in [0.1, 0.15) is 6.07 Å². The molecule has 0 amide bonds. The van der Waals surface area contributed by atoms with Crippen LogP contribution < -0.4 is 5.32 Å². The molecule has 2 aromatic heterocycles. The molecular formula is C20H16Cl2N6O. The molecule has 1 N–H and O–H groups in total. The predicted octanol–water partition coefficient (Wildman–Crippen LogP) is 4.65. The third-order valence-electron chi connectivity index (χ3n) is 4.49. The summed E-state index contributed by atoms with van der Waals surface area (Å²) in [5, 5.41) is 17.8. The molecule has 0 saturated carbocycles. The Hall–Kier alpha value is -3.08. The van der Waals surface area contributed by atoms with Crippen LogP contribution in [0.25, 0.3) is 5.70 Å². The largest absolute Gasteiger partial charge is 0.345 e. The van der Waals surface area contributed by atoms with Gasteiger partial charge in [0, 0.05) is 16.2 Å². The minimum Gasteiger partial charge on any atom is -0.345 e. The number of aromatic nitrogens is 4. The number of halogens is 2. The Morgan fingerprint density at radius 2 is 2.14 bits per heavy atom. The van der Waals surface area contributed by atoms with Gasteiger partial charge in [0.15, 0.2) is 0 Å². The van der Waals surface area contributed by atoms with E-state index in [0.29, 0.717) is 40.3 Å². The van der Waals surface area contributed by atoms with Gasteiger partial charge in [0.25, 0.3) is 5.95 Å². The number of hydrogen-bond acceptors (Lipinski definition) is 6. The van der Waals surface area contributed by atoms with E-state index in [1.807, 2.05) is 29.8 Å². The van der Waals surface area contributed by atoms with Crippen LogP contribution in [-0.4, -0.2) is 25.7 Å². The molecule has 1 aliphatic rings. The highest BCUT2D eigenvalue weighted by molar-refractivity contribution is 6.36. The monoisotopic (exact) mass is 426 g/mol. The number of allylic oxidation sites excluding steroid dienone is 2. The molecule has 29 heavy (non-hydrogen) atoms. The van der Waals surface area contributed by atoms with E-state index in [0.717, 1.165) is 17.0 Å². The van der Waals surface area contributed by atoms with Crippen molar-refractivity contribution >= 4 is 34.8 Å². The molecule has 9 heteroatoms. The van der Waals surface area contributed by atoms with E-state index in [9.17, 15) is 5.26 Å². The van der Waals surface area contributed by atoms with Crippen LogP contribution in [0.1, 0.15) is 23.6 Å². The molecule has 1 unspecified atom stereocenters. The first-order valence-corrected chi connectivity index (χ1v) is 9.64. The second-order valence-electron chi connectivity index (χ2n) is 6.58. The maximum absolute atomic E-state index is 9.54. The van der Waals surface area contributed by atoms with Crippen molar-refractivity contribution in [2.24, 2.45) is 0 Å². The Labute approximate surface area is 177 Å². The van der Waals surface area contributed by atoms with Gasteiger partial charge in [-0.05, 0) is 42.3 Å². The Morgan fingerprint density at radius 1 is 1.34 bits per heavy atom. The highest BCUT2D eigenvalue weighted by atomic mass is 35.5. The van der Waals surface area contributed by atoms with Crippen LogP contribution in [0.4, 0.5) is 5.95 Å². The molecule has 0 saturated heterocycles. The Morgan fingerprint density at radius 3 is 2.83 bits per heavy atom. The highest BCUT2D eigenvalue weighted by Crippen LogP contribution is 2.27. The van der Waals surface area contributed by atoms with Crippen molar-refractivity contribution in [3.8, 4) is 6.07 Å². The zero-order chi connectivity index (χ0) is 20.4. The average molecular weight is 427 g/mol. The third-order valence-corrected chi connectivity index (χ3v) is 5.20. The topological polar surface area (TPSA) is 92.6 Å². The minimum absolute atomic E-state index is 0.132. The fourth-order valence-corrected chi connectivity index (χ4v) is 3.63. The van der Waals surface area contributed by atoms with E-state index in [-0.39, 0.29) is 6.04 Å². The molecule has 0 aliphatic heterocycles. The first-order valence-electron chi connectivity index (χ1n) is 8.89. The molecule has 4 rings (SSSR count). The second-order valence-corrected chi connectivity index (χ2v) is 7.39. The summed E-state index contributed by atoms with van der Waals surface area (Å²) in [6, 6.07) is 7.42. The SMILES string of the molecule is Cc1cn(C2=CCC(Nc3noc(Cc4c(Cl)cccc4Cl)n3)C=C2C#N)cn1. The number of nitrogens with one attached hydrogen (secondary N) is 1. The molecule has 3 aromatic rings. The van der Waals surface area contributed by atoms with E-state index in [1.165, 1.54) is 0 Å². The summed E-state index contributed by atoms with van der Waals surface area (Å²) in [5.41, 5.74) is 2.99. The van der Waals surface area contributed by atoms with Crippen molar-refractivity contribution < 1.29 is 4.52 Å². The van der Waals surface area contributed by atoms with Crippen molar-refractivity contribution in [3.05, 3.63) is 75.6 Å². The molecule has 0 bridgehead atoms. The standard InChI is InChI=1S/C20H16Cl2N6O/c1-12-10-28(11-24-12)18-6-5-14(7-13(18)9-23)25-20-26-19(29-27-20)8-15-16(21)3-2-4-17(15)22/h2-4,6-7,10-11,14H,5,8H2,1H3,(H,25,27). The fraction of sp³-hybridized carbons (Fsp3) is 0.200. The van der Waals surface area contributed by atoms with E-state index in [2.05, 4.69) is 26.5 Å². The van der Waals surface area contributed by atoms with Gasteiger partial charge in [-0.2, -0.15) is 10.2 Å². The molecule has 2 heterocycles. The first kappa shape index (κ1) is 19.2. The van der Waals surface area contributed by atoms with Crippen molar-refractivity contribution in [1.29, 1.82) is 5.26 Å². The van der Waals surface area contributed by atoms with Crippen LogP contribution in [0, 0.1) is 18.3 Å². The molecule has 0 spiro atoms. The molecule has 146 valence electrons. The van der Waals surface area contributed by atoms with Gasteiger partial charge in [-0.1, -0.05) is 35.3 Å². The predicted molar refractivity (Wildman–Crippen MR) is 111 cm³/mol. The van der Waals surface area contributed by atoms with Gasteiger partial charge in [-0.25, -0.2) is 4.98 Å². The van der Waals surface area contributed by atoms with Crippen molar-refractivity contribution in [2.75, 3.05) is 5.32 Å². The fourth-order valence-electron chi connectivity index (χ4n) is 3.10. The molecular weight excluding hydrogens is 411 g/mol. The van der Waals surface area contributed by atoms with Gasteiger partial charge in [-0.3, -0.25) is 0 Å². The van der Waals surface area contributed by atoms with Gasteiger partial charge in [0.2, 0.25) is 5.89 Å². The lowest BCUT2D eigenvalue weighted by Gasteiger charge is -2.19. The lowest BCUT2D eigenvalue weighted by molar-refractivity contribution is 0.385. The molecule has 1 atom stereocenters. The van der Waals surface area contributed by atoms with Crippen LogP contribution in [0.5, 0.6) is 0 Å². The smallest absolute Gasteiger partial charge is 0.263 e. The highest BCUT2D eigenvalue weighted by Gasteiger charge is 2.19. The van der Waals surface area contributed by atoms with Crippen LogP contribution in [0.3, 0.4) is 0 Å². The molecule has 1 aliphatic carbocycles. The Bertz CT molecular complexity index is 1130. The van der Waals surface area contributed by atoms with Crippen molar-refractivity contribution in [3.63, 3.8) is 0 Å². The average Bonchev–Trinajstić information content (AvgIpc) is 3.33. The molecule has 0 fully saturated rings. The third kappa shape index (κ3) is 4.19. The second kappa shape index (κ2) is 8.11. The van der Waals surface area contributed by atoms with E-state index in [1.54, 1.807) is 24.5 Å².